The molecular weight excluding hydrogens is 336 g/mol. The van der Waals surface area contributed by atoms with Gasteiger partial charge in [0.25, 0.3) is 0 Å². The van der Waals surface area contributed by atoms with Gasteiger partial charge in [0, 0.05) is 17.3 Å². The molecule has 2 aliphatic heterocycles. The smallest absolute Gasteiger partial charge is 0.323 e. The lowest BCUT2D eigenvalue weighted by Gasteiger charge is -2.59. The molecule has 0 aromatic rings. The van der Waals surface area contributed by atoms with Gasteiger partial charge in [-0.3, -0.25) is 9.59 Å². The second kappa shape index (κ2) is 4.65. The number of esters is 1. The molecule has 26 heavy (non-hydrogen) atoms. The Morgan fingerprint density at radius 3 is 2.69 bits per heavy atom. The van der Waals surface area contributed by atoms with Gasteiger partial charge in [0.1, 0.15) is 12.9 Å². The Hall–Kier alpha value is -1.53. The Balaban J connectivity index is 1.73. The first-order valence-electron chi connectivity index (χ1n) is 9.42. The summed E-state index contributed by atoms with van der Waals surface area (Å²) >= 11 is 0. The molecule has 0 amide bonds. The van der Waals surface area contributed by atoms with Gasteiger partial charge in [-0.25, -0.2) is 0 Å². The number of ether oxygens (including phenoxy) is 2. The summed E-state index contributed by atoms with van der Waals surface area (Å²) in [5.74, 6) is -2.31. The Bertz CT molecular complexity index is 755. The van der Waals surface area contributed by atoms with Crippen LogP contribution >= 0.6 is 0 Å². The summed E-state index contributed by atoms with van der Waals surface area (Å²) in [6, 6.07) is 0. The third kappa shape index (κ3) is 1.52. The van der Waals surface area contributed by atoms with E-state index in [9.17, 15) is 19.5 Å². The molecule has 6 nitrogen and oxygen atoms in total. The summed E-state index contributed by atoms with van der Waals surface area (Å²) in [5.41, 5.74) is -2.39. The topological polar surface area (TPSA) is 93.2 Å². The molecule has 0 aromatic carbocycles. The van der Waals surface area contributed by atoms with Gasteiger partial charge in [0.05, 0.1) is 18.3 Å². The third-order valence-corrected chi connectivity index (χ3v) is 8.11. The number of aliphatic hydroxyl groups is 1. The van der Waals surface area contributed by atoms with Crippen molar-refractivity contribution in [1.29, 1.82) is 0 Å². The van der Waals surface area contributed by atoms with Gasteiger partial charge in [-0.15, -0.1) is 0 Å². The van der Waals surface area contributed by atoms with Crippen molar-refractivity contribution in [3.63, 3.8) is 0 Å². The first kappa shape index (κ1) is 16.6. The zero-order chi connectivity index (χ0) is 18.6. The number of rotatable bonds is 1. The highest BCUT2D eigenvalue weighted by Gasteiger charge is 2.80. The zero-order valence-electron chi connectivity index (χ0n) is 15.1. The lowest BCUT2D eigenvalue weighted by Crippen LogP contribution is -2.69. The monoisotopic (exact) mass is 360 g/mol. The number of hydrogen-bond donors (Lipinski definition) is 1. The Labute approximate surface area is 151 Å². The molecule has 0 radical (unpaired) electrons. The fourth-order valence-electron chi connectivity index (χ4n) is 7.02. The van der Waals surface area contributed by atoms with E-state index < -0.39 is 46.4 Å². The van der Waals surface area contributed by atoms with E-state index >= 15 is 0 Å². The van der Waals surface area contributed by atoms with Gasteiger partial charge in [0.2, 0.25) is 0 Å². The molecule has 3 saturated carbocycles. The maximum Gasteiger partial charge on any atom is 0.323 e. The van der Waals surface area contributed by atoms with Crippen LogP contribution in [0.3, 0.4) is 0 Å². The molecule has 8 atom stereocenters. The van der Waals surface area contributed by atoms with Crippen molar-refractivity contribution in [2.45, 2.75) is 51.4 Å². The van der Waals surface area contributed by atoms with Crippen LogP contribution in [0.1, 0.15) is 33.1 Å². The maximum absolute atomic E-state index is 13.2. The van der Waals surface area contributed by atoms with Gasteiger partial charge in [-0.05, 0) is 36.2 Å². The summed E-state index contributed by atoms with van der Waals surface area (Å²) in [7, 11) is 0. The van der Waals surface area contributed by atoms with E-state index in [1.807, 2.05) is 13.8 Å². The van der Waals surface area contributed by atoms with Crippen LogP contribution in [0.25, 0.3) is 0 Å². The van der Waals surface area contributed by atoms with Crippen molar-refractivity contribution in [2.75, 3.05) is 6.61 Å². The largest absolute Gasteiger partial charge is 0.464 e. The minimum Gasteiger partial charge on any atom is -0.464 e. The fourth-order valence-corrected chi connectivity index (χ4v) is 7.02. The van der Waals surface area contributed by atoms with Crippen LogP contribution in [-0.4, -0.2) is 48.1 Å². The predicted molar refractivity (Wildman–Crippen MR) is 88.8 cm³/mol. The Morgan fingerprint density at radius 2 is 2.00 bits per heavy atom. The molecule has 5 aliphatic rings. The predicted octanol–water partition coefficient (Wildman–Crippen LogP) is 1.05. The van der Waals surface area contributed by atoms with E-state index in [0.29, 0.717) is 18.4 Å². The summed E-state index contributed by atoms with van der Waals surface area (Å²) < 4.78 is 11.5. The molecule has 3 aliphatic carbocycles. The quantitative estimate of drug-likeness (QED) is 0.247. The number of epoxide rings is 1. The summed E-state index contributed by atoms with van der Waals surface area (Å²) in [6.45, 7) is 8.00. The Morgan fingerprint density at radius 1 is 1.27 bits per heavy atom. The molecule has 5 fully saturated rings. The highest BCUT2D eigenvalue weighted by molar-refractivity contribution is 6.16. The standard InChI is InChI=1S/C20H24O6/c1-9-10-4-5-12-19(8-25-17(24)20(12,14(9)22)15(10)23)13(7-21)18(2,3)6-11-16(19)26-11/h7,10-13,15-16,23H,1,4-6,8H2,2-3H3/t10-,11+,12-,13+,15+,16+,19-,20-/m0/s1. The van der Waals surface area contributed by atoms with Crippen LogP contribution in [0.5, 0.6) is 0 Å². The van der Waals surface area contributed by atoms with Crippen molar-refractivity contribution in [3.05, 3.63) is 12.2 Å². The maximum atomic E-state index is 13.2. The number of ketones is 1. The number of aldehydes is 1. The molecule has 6 heteroatoms. The van der Waals surface area contributed by atoms with Crippen molar-refractivity contribution in [3.8, 4) is 0 Å². The highest BCUT2D eigenvalue weighted by Crippen LogP contribution is 2.70. The number of carbonyl (C=O) groups is 3. The van der Waals surface area contributed by atoms with Crippen molar-refractivity contribution in [1.82, 2.24) is 0 Å². The number of fused-ring (bicyclic) bond motifs is 4. The van der Waals surface area contributed by atoms with E-state index in [2.05, 4.69) is 6.58 Å². The molecular formula is C20H24O6. The van der Waals surface area contributed by atoms with Crippen LogP contribution in [-0.2, 0) is 23.9 Å². The second-order valence-electron chi connectivity index (χ2n) is 9.49. The van der Waals surface area contributed by atoms with Gasteiger partial charge < -0.3 is 19.4 Å². The molecule has 0 unspecified atom stereocenters. The Kier molecular flexibility index (Phi) is 2.98. The highest BCUT2D eigenvalue weighted by atomic mass is 16.6. The molecule has 5 rings (SSSR count). The number of hydrogen-bond acceptors (Lipinski definition) is 6. The lowest BCUT2D eigenvalue weighted by molar-refractivity contribution is -0.223. The lowest BCUT2D eigenvalue weighted by atomic mass is 9.44. The van der Waals surface area contributed by atoms with Gasteiger partial charge >= 0.3 is 5.97 Å². The number of Topliss-reactive ketones (excluding diaryl/α,β-unsaturated/α-hetero) is 1. The van der Waals surface area contributed by atoms with Crippen molar-refractivity contribution < 1.29 is 29.0 Å². The van der Waals surface area contributed by atoms with Gasteiger partial charge in [-0.1, -0.05) is 20.4 Å². The molecule has 0 aromatic heterocycles. The number of cyclic esters (lactones) is 1. The minimum atomic E-state index is -1.62. The van der Waals surface area contributed by atoms with Gasteiger partial charge in [0.15, 0.2) is 11.2 Å². The number of aliphatic hydroxyl groups excluding tert-OH is 1. The van der Waals surface area contributed by atoms with Crippen LogP contribution < -0.4 is 0 Å². The normalized spacial score (nSPS) is 53.7. The molecule has 2 heterocycles. The van der Waals surface area contributed by atoms with Gasteiger partial charge in [-0.2, -0.15) is 0 Å². The number of carbonyl (C=O) groups excluding carboxylic acids is 3. The van der Waals surface area contributed by atoms with E-state index in [1.54, 1.807) is 0 Å². The van der Waals surface area contributed by atoms with Crippen LogP contribution in [0.4, 0.5) is 0 Å². The van der Waals surface area contributed by atoms with E-state index in [1.165, 1.54) is 0 Å². The van der Waals surface area contributed by atoms with Crippen LogP contribution in [0.15, 0.2) is 12.2 Å². The van der Waals surface area contributed by atoms with Crippen molar-refractivity contribution >= 4 is 18.0 Å². The first-order valence-corrected chi connectivity index (χ1v) is 9.42. The fraction of sp³-hybridized carbons (Fsp3) is 0.750. The van der Waals surface area contributed by atoms with E-state index in [-0.39, 0.29) is 24.2 Å². The average molecular weight is 360 g/mol. The average Bonchev–Trinajstić information content (AvgIpc) is 3.33. The molecule has 2 saturated heterocycles. The summed E-state index contributed by atoms with van der Waals surface area (Å²) in [5, 5.41) is 11.0. The first-order chi connectivity index (χ1) is 12.2. The van der Waals surface area contributed by atoms with Crippen LogP contribution in [0.2, 0.25) is 0 Å². The molecule has 2 spiro atoms. The molecule has 2 bridgehead atoms. The summed E-state index contributed by atoms with van der Waals surface area (Å²) in [6.07, 6.45) is 1.60. The zero-order valence-corrected chi connectivity index (χ0v) is 15.1. The van der Waals surface area contributed by atoms with Crippen LogP contribution in [0, 0.1) is 34.0 Å². The SMILES string of the molecule is C=C1C(=O)[C@@]23C(=O)OC[C@]4([C@@H]5O[C@@H]5CC(C)(C)[C@H]4C=O)[C@@H]2CC[C@@H]1[C@H]3O. The van der Waals surface area contributed by atoms with Crippen molar-refractivity contribution in [2.24, 2.45) is 34.0 Å². The summed E-state index contributed by atoms with van der Waals surface area (Å²) in [4.78, 5) is 38.3. The molecule has 140 valence electrons. The van der Waals surface area contributed by atoms with E-state index in [4.69, 9.17) is 9.47 Å². The second-order valence-corrected chi connectivity index (χ2v) is 9.49. The minimum absolute atomic E-state index is 0.0182. The molecule has 1 N–H and O–H groups in total. The third-order valence-electron chi connectivity index (χ3n) is 8.11. The van der Waals surface area contributed by atoms with E-state index in [0.717, 1.165) is 12.7 Å².